The van der Waals surface area contributed by atoms with Crippen LogP contribution >= 0.6 is 23.2 Å². The zero-order valence-electron chi connectivity index (χ0n) is 56.5. The third kappa shape index (κ3) is 23.0. The normalized spacial score (nSPS) is 14.6. The third-order valence-electron chi connectivity index (χ3n) is 14.1. The minimum absolute atomic E-state index is 0. The fourth-order valence-corrected chi connectivity index (χ4v) is 10.0. The number of phenolic OH excluding ortho intramolecular Hbond substituents is 2. The van der Waals surface area contributed by atoms with Crippen molar-refractivity contribution in [3.05, 3.63) is 201 Å². The van der Waals surface area contributed by atoms with Gasteiger partial charge in [0.25, 0.3) is 5.91 Å². The Morgan fingerprint density at radius 2 is 1.04 bits per heavy atom. The number of morpholine rings is 2. The highest BCUT2D eigenvalue weighted by Gasteiger charge is 2.38. The predicted octanol–water partition coefficient (Wildman–Crippen LogP) is 11.9. The first-order valence-corrected chi connectivity index (χ1v) is 31.3. The first-order valence-electron chi connectivity index (χ1n) is 31.6. The standard InChI is InChI=1S/C36H36ClN5O6.C23H21ClN4O3.C13H17NO4.2CH4.H2/c1-36(2,3)48-35(46)39-32(24-8-6-5-7-9-24)34(45)42-18-19-47-22-29(42)33(44)38-27-15-11-23(12-16-27)10-13-25-21-41(4)40-31(25)28-20-26(37)14-17-30(28)43;1-28-13-16(22(27-28)19-12-17(24)6-9-21(19)29)5-2-15-3-7-18(8-4-15)26-23(30)20-14-31-11-10-25-20;1-13(2,3)18-12(17)14-10(11(15)16)9-7-5-4-6-8-9;;;/h5-9,11-12,14-17,20-21,29,32,43H,18-19,22H2,1-4H3,(H,38,44)(H,39,46);3-4,6-9,12-13,20,25,29H,10-11,14H2,1H3,(H,26,30);4-8,10H,1-3H3,(H,14,17)(H,15,16);2*1H4;1H/t29-,32+;20-;10-;;;/m001.../s1/i;;;;;1+1D. The Morgan fingerprint density at radius 3 is 1.47 bits per heavy atom. The number of carboxylic acid groups (broad SMARTS) is 1. The molecule has 99 heavy (non-hydrogen) atoms. The number of carboxylic acids is 1. The van der Waals surface area contributed by atoms with E-state index in [0.29, 0.717) is 91.5 Å². The molecule has 2 aliphatic heterocycles. The molecule has 2 aromatic heterocycles. The van der Waals surface area contributed by atoms with Crippen LogP contribution in [0.3, 0.4) is 0 Å². The fourth-order valence-electron chi connectivity index (χ4n) is 9.66. The van der Waals surface area contributed by atoms with Crippen LogP contribution in [0.5, 0.6) is 11.5 Å². The van der Waals surface area contributed by atoms with Crippen LogP contribution in [-0.2, 0) is 52.2 Å². The third-order valence-corrected chi connectivity index (χ3v) is 14.6. The van der Waals surface area contributed by atoms with Crippen LogP contribution < -0.4 is 26.6 Å². The zero-order valence-corrected chi connectivity index (χ0v) is 56.0. The molecule has 25 heteroatoms. The van der Waals surface area contributed by atoms with Crippen LogP contribution in [0.4, 0.5) is 21.0 Å². The van der Waals surface area contributed by atoms with Gasteiger partial charge in [0.05, 0.1) is 37.6 Å². The SMILES string of the molecule is C.C.CC(C)(C)OC(=O)N[C@@H](C(=O)O)c1ccccc1.Cn1cc(C#Cc2ccc(NC(=O)[C@@H]3COCCN3)cc2)c(-c2cc(Cl)ccc2O)n1.Cn1cc(C#Cc2ccc(NC(=O)[C@@H]3COCCN3C(=O)[C@H](NC(=O)OC(C)(C)C)c3ccccc3)cc2)c(-c2cc(Cl)ccc2O)n1.[2H][2H]. The number of nitrogens with zero attached hydrogens (tertiary/aromatic N) is 5. The predicted molar refractivity (Wildman–Crippen MR) is 382 cm³/mol. The summed E-state index contributed by atoms with van der Waals surface area (Å²) in [6, 6.07) is 37.6. The van der Waals surface area contributed by atoms with Crippen LogP contribution in [0.1, 0.15) is 105 Å². The van der Waals surface area contributed by atoms with E-state index in [1.807, 2.05) is 18.2 Å². The lowest BCUT2D eigenvalue weighted by Gasteiger charge is -2.37. The largest absolute Gasteiger partial charge is 0.507 e. The van der Waals surface area contributed by atoms with E-state index in [9.17, 15) is 39.0 Å². The molecule has 522 valence electrons. The monoisotopic (exact) mass is 1390 g/mol. The lowest BCUT2D eigenvalue weighted by Crippen LogP contribution is -2.57. The highest BCUT2D eigenvalue weighted by atomic mass is 35.5. The topological polar surface area (TPSA) is 299 Å². The van der Waals surface area contributed by atoms with Crippen molar-refractivity contribution in [2.75, 3.05) is 50.2 Å². The summed E-state index contributed by atoms with van der Waals surface area (Å²) in [4.78, 5) is 76.5. The molecule has 0 spiro atoms. The van der Waals surface area contributed by atoms with Crippen molar-refractivity contribution in [2.45, 2.75) is 91.8 Å². The summed E-state index contributed by atoms with van der Waals surface area (Å²) < 4.78 is 34.6. The van der Waals surface area contributed by atoms with Gasteiger partial charge in [-0.25, -0.2) is 14.4 Å². The number of ether oxygens (including phenoxy) is 4. The first kappa shape index (κ1) is 75.7. The number of alkyl carbamates (subject to hydrolysis) is 2. The van der Waals surface area contributed by atoms with Crippen molar-refractivity contribution < 1.29 is 66.0 Å². The number of rotatable bonds is 12. The second kappa shape index (κ2) is 35.5. The summed E-state index contributed by atoms with van der Waals surface area (Å²) in [5, 5.41) is 53.4. The maximum Gasteiger partial charge on any atom is 0.408 e. The zero-order chi connectivity index (χ0) is 72.0. The van der Waals surface area contributed by atoms with E-state index in [-0.39, 0.29) is 58.1 Å². The van der Waals surface area contributed by atoms with Gasteiger partial charge in [0.1, 0.15) is 52.2 Å². The smallest absolute Gasteiger partial charge is 0.408 e. The van der Waals surface area contributed by atoms with Gasteiger partial charge in [-0.2, -0.15) is 10.2 Å². The molecule has 0 radical (unpaired) electrons. The molecule has 0 unspecified atom stereocenters. The summed E-state index contributed by atoms with van der Waals surface area (Å²) in [5.41, 5.74) is 5.59. The number of hydrogen-bond acceptors (Lipinski definition) is 15. The number of amides is 5. The molecule has 10 rings (SSSR count). The van der Waals surface area contributed by atoms with Gasteiger partial charge in [-0.05, 0) is 138 Å². The summed E-state index contributed by atoms with van der Waals surface area (Å²) >= 11 is 12.2. The molecule has 8 aromatic rings. The Bertz CT molecular complexity index is 4230. The molecule has 2 fully saturated rings. The lowest BCUT2D eigenvalue weighted by atomic mass is 10.0. The van der Waals surface area contributed by atoms with Crippen LogP contribution in [0, 0.1) is 23.7 Å². The quantitative estimate of drug-likeness (QED) is 0.0527. The first-order chi connectivity index (χ1) is 47.2. The molecule has 0 saturated carbocycles. The number of nitrogens with one attached hydrogen (secondary N) is 5. The molecular formula is C74H84Cl2N10O13. The number of aliphatic carboxylic acids is 1. The van der Waals surface area contributed by atoms with Gasteiger partial charge in [-0.3, -0.25) is 23.7 Å². The Balaban J connectivity index is 0.000000296. The molecule has 2 saturated heterocycles. The van der Waals surface area contributed by atoms with Crippen molar-refractivity contribution in [1.82, 2.24) is 40.4 Å². The highest BCUT2D eigenvalue weighted by molar-refractivity contribution is 6.31. The van der Waals surface area contributed by atoms with E-state index in [1.165, 1.54) is 17.0 Å². The molecule has 4 atom stereocenters. The minimum Gasteiger partial charge on any atom is -0.507 e. The molecule has 0 bridgehead atoms. The number of hydrogen-bond donors (Lipinski definition) is 8. The number of aromatic hydroxyl groups is 2. The molecule has 6 aromatic carbocycles. The number of aryl methyl sites for hydroxylation is 2. The van der Waals surface area contributed by atoms with Gasteiger partial charge in [-0.1, -0.05) is 122 Å². The average Bonchev–Trinajstić information content (AvgIpc) is 1.79. The van der Waals surface area contributed by atoms with Gasteiger partial charge in [0.2, 0.25) is 11.8 Å². The van der Waals surface area contributed by atoms with Crippen molar-refractivity contribution >= 4 is 70.5 Å². The molecule has 0 aliphatic carbocycles. The van der Waals surface area contributed by atoms with Crippen LogP contribution in [-0.4, -0.2) is 138 Å². The number of benzene rings is 6. The average molecular weight is 1390 g/mol. The molecule has 5 amide bonds. The van der Waals surface area contributed by atoms with Gasteiger partial charge in [0.15, 0.2) is 6.04 Å². The van der Waals surface area contributed by atoms with Gasteiger partial charge in [-0.15, -0.1) is 0 Å². The lowest BCUT2D eigenvalue weighted by molar-refractivity contribution is -0.148. The van der Waals surface area contributed by atoms with E-state index >= 15 is 0 Å². The van der Waals surface area contributed by atoms with Crippen molar-refractivity contribution in [1.29, 1.82) is 0 Å². The number of carbonyl (C=O) groups is 6. The highest BCUT2D eigenvalue weighted by Crippen LogP contribution is 2.34. The number of halogens is 2. The molecule has 4 heterocycles. The van der Waals surface area contributed by atoms with Crippen LogP contribution in [0.15, 0.2) is 158 Å². The van der Waals surface area contributed by atoms with Crippen LogP contribution in [0.2, 0.25) is 10.0 Å². The number of aromatic nitrogens is 4. The Labute approximate surface area is 589 Å². The number of phenols is 2. The summed E-state index contributed by atoms with van der Waals surface area (Å²) in [7, 11) is 3.55. The van der Waals surface area contributed by atoms with Crippen LogP contribution in [0.25, 0.3) is 22.5 Å². The maximum atomic E-state index is 13.9. The second-order valence-electron chi connectivity index (χ2n) is 24.1. The number of anilines is 2. The van der Waals surface area contributed by atoms with Crippen molar-refractivity contribution in [3.63, 3.8) is 0 Å². The Hall–Kier alpha value is -10.7. The van der Waals surface area contributed by atoms with E-state index in [4.69, 9.17) is 50.2 Å². The van der Waals surface area contributed by atoms with Crippen molar-refractivity contribution in [3.8, 4) is 57.7 Å². The Morgan fingerprint density at radius 1 is 0.606 bits per heavy atom. The molecule has 23 nitrogen and oxygen atoms in total. The second-order valence-corrected chi connectivity index (χ2v) is 25.0. The van der Waals surface area contributed by atoms with Gasteiger partial charge >= 0.3 is 18.2 Å². The molecule has 2 aliphatic rings. The van der Waals surface area contributed by atoms with Gasteiger partial charge in [0, 0.05) is 86.2 Å². The summed E-state index contributed by atoms with van der Waals surface area (Å²) in [6.07, 6.45) is 2.04. The van der Waals surface area contributed by atoms with E-state index in [0.717, 1.165) is 5.56 Å². The summed E-state index contributed by atoms with van der Waals surface area (Å²) in [6.45, 7) is 12.4. The molecular weight excluding hydrogens is 1310 g/mol. The van der Waals surface area contributed by atoms with E-state index < -0.39 is 59.3 Å². The van der Waals surface area contributed by atoms with Gasteiger partial charge < -0.3 is 65.8 Å². The Kier molecular flexibility index (Phi) is 27.2. The fraction of sp³-hybridized carbons (Fsp3) is 0.297. The maximum absolute atomic E-state index is 13.9. The van der Waals surface area contributed by atoms with E-state index in [1.54, 1.807) is 193 Å². The molecule has 8 N–H and O–H groups in total. The van der Waals surface area contributed by atoms with E-state index in [2.05, 4.69) is 60.5 Å². The minimum atomic E-state index is -1.13. The van der Waals surface area contributed by atoms with Crippen molar-refractivity contribution in [2.24, 2.45) is 14.1 Å². The summed E-state index contributed by atoms with van der Waals surface area (Å²) in [5.74, 6) is 10.4. The number of carbonyl (C=O) groups excluding carboxylic acids is 5.